The van der Waals surface area contributed by atoms with E-state index in [0.717, 1.165) is 47.9 Å². The van der Waals surface area contributed by atoms with Crippen LogP contribution >= 0.6 is 0 Å². The second-order valence-corrected chi connectivity index (χ2v) is 4.57. The van der Waals surface area contributed by atoms with Crippen LogP contribution < -0.4 is 10.1 Å². The molecule has 0 aliphatic rings. The molecule has 0 unspecified atom stereocenters. The van der Waals surface area contributed by atoms with Crippen LogP contribution in [0, 0.1) is 0 Å². The largest absolute Gasteiger partial charge is 0.497 e. The average molecular weight is 271 g/mol. The Hall–Kier alpha value is -2.27. The summed E-state index contributed by atoms with van der Waals surface area (Å²) in [5.41, 5.74) is 1.97. The van der Waals surface area contributed by atoms with Gasteiger partial charge < -0.3 is 19.5 Å². The smallest absolute Gasteiger partial charge is 0.121 e. The third-order valence-electron chi connectivity index (χ3n) is 3.16. The minimum Gasteiger partial charge on any atom is -0.497 e. The van der Waals surface area contributed by atoms with E-state index in [9.17, 15) is 0 Å². The molecule has 104 valence electrons. The van der Waals surface area contributed by atoms with E-state index >= 15 is 0 Å². The van der Waals surface area contributed by atoms with Gasteiger partial charge >= 0.3 is 0 Å². The van der Waals surface area contributed by atoms with Gasteiger partial charge in [0, 0.05) is 19.0 Å². The maximum absolute atomic E-state index is 5.26. The fraction of sp³-hybridized carbons (Fsp3) is 0.267. The number of methoxy groups -OCH3 is 1. The zero-order chi connectivity index (χ0) is 13.8. The third kappa shape index (κ3) is 2.83. The maximum Gasteiger partial charge on any atom is 0.121 e. The number of aromatic amines is 1. The number of benzene rings is 1. The lowest BCUT2D eigenvalue weighted by Crippen LogP contribution is -2.16. The molecule has 0 fully saturated rings. The van der Waals surface area contributed by atoms with E-state index in [4.69, 9.17) is 9.15 Å². The highest BCUT2D eigenvalue weighted by Gasteiger charge is 2.04. The lowest BCUT2D eigenvalue weighted by Gasteiger charge is -2.00. The van der Waals surface area contributed by atoms with Crippen molar-refractivity contribution in [1.29, 1.82) is 0 Å². The van der Waals surface area contributed by atoms with Crippen LogP contribution in [0.2, 0.25) is 0 Å². The van der Waals surface area contributed by atoms with Crippen molar-refractivity contribution in [3.63, 3.8) is 0 Å². The van der Waals surface area contributed by atoms with Crippen LogP contribution in [0.4, 0.5) is 0 Å². The molecule has 0 saturated carbocycles. The first kappa shape index (κ1) is 12.7. The fourth-order valence-electron chi connectivity index (χ4n) is 2.12. The summed E-state index contributed by atoms with van der Waals surface area (Å²) in [5, 5.41) is 3.32. The van der Waals surface area contributed by atoms with Crippen LogP contribution in [0.15, 0.2) is 41.0 Å². The highest BCUT2D eigenvalue weighted by atomic mass is 16.5. The van der Waals surface area contributed by atoms with Gasteiger partial charge in [0.05, 0.1) is 31.0 Å². The van der Waals surface area contributed by atoms with Crippen LogP contribution in [0.25, 0.3) is 11.0 Å². The van der Waals surface area contributed by atoms with E-state index in [-0.39, 0.29) is 0 Å². The van der Waals surface area contributed by atoms with Gasteiger partial charge in [0.15, 0.2) is 0 Å². The van der Waals surface area contributed by atoms with Crippen molar-refractivity contribution in [3.8, 4) is 5.75 Å². The molecular formula is C15H17N3O2. The van der Waals surface area contributed by atoms with Gasteiger partial charge in [-0.2, -0.15) is 0 Å². The second kappa shape index (κ2) is 5.79. The Balaban J connectivity index is 1.57. The Morgan fingerprint density at radius 2 is 2.30 bits per heavy atom. The molecule has 20 heavy (non-hydrogen) atoms. The SMILES string of the molecule is COc1ccc2nc(CCNCc3ccco3)[nH]c2c1. The summed E-state index contributed by atoms with van der Waals surface area (Å²) in [7, 11) is 1.66. The average Bonchev–Trinajstić information content (AvgIpc) is 3.11. The maximum atomic E-state index is 5.26. The summed E-state index contributed by atoms with van der Waals surface area (Å²) in [6, 6.07) is 9.69. The summed E-state index contributed by atoms with van der Waals surface area (Å²) in [6.07, 6.45) is 2.53. The third-order valence-corrected chi connectivity index (χ3v) is 3.16. The number of H-pyrrole nitrogens is 1. The number of rotatable bonds is 6. The van der Waals surface area contributed by atoms with Crippen LogP contribution in [-0.2, 0) is 13.0 Å². The number of nitrogens with zero attached hydrogens (tertiary/aromatic N) is 1. The molecule has 1 aromatic carbocycles. The molecule has 2 N–H and O–H groups in total. The molecule has 0 atom stereocenters. The number of hydrogen-bond donors (Lipinski definition) is 2. The number of furan rings is 1. The van der Waals surface area contributed by atoms with Gasteiger partial charge in [-0.3, -0.25) is 0 Å². The Morgan fingerprint density at radius 3 is 3.10 bits per heavy atom. The second-order valence-electron chi connectivity index (χ2n) is 4.57. The molecular weight excluding hydrogens is 254 g/mol. The zero-order valence-corrected chi connectivity index (χ0v) is 11.3. The van der Waals surface area contributed by atoms with Gasteiger partial charge in [0.1, 0.15) is 17.3 Å². The number of aromatic nitrogens is 2. The fourth-order valence-corrected chi connectivity index (χ4v) is 2.12. The summed E-state index contributed by atoms with van der Waals surface area (Å²) in [6.45, 7) is 1.58. The summed E-state index contributed by atoms with van der Waals surface area (Å²) in [4.78, 5) is 7.86. The van der Waals surface area contributed by atoms with Crippen LogP contribution in [0.5, 0.6) is 5.75 Å². The molecule has 0 aliphatic carbocycles. The van der Waals surface area contributed by atoms with E-state index in [1.807, 2.05) is 30.3 Å². The minimum absolute atomic E-state index is 0.737. The van der Waals surface area contributed by atoms with E-state index < -0.39 is 0 Å². The van der Waals surface area contributed by atoms with Crippen LogP contribution in [0.1, 0.15) is 11.6 Å². The van der Waals surface area contributed by atoms with Gasteiger partial charge in [0.25, 0.3) is 0 Å². The highest BCUT2D eigenvalue weighted by Crippen LogP contribution is 2.18. The first-order valence-electron chi connectivity index (χ1n) is 6.61. The molecule has 2 aromatic heterocycles. The molecule has 0 saturated heterocycles. The summed E-state index contributed by atoms with van der Waals surface area (Å²) >= 11 is 0. The lowest BCUT2D eigenvalue weighted by atomic mass is 10.3. The summed E-state index contributed by atoms with van der Waals surface area (Å²) in [5.74, 6) is 2.75. The zero-order valence-electron chi connectivity index (χ0n) is 11.3. The Labute approximate surface area is 117 Å². The lowest BCUT2D eigenvalue weighted by molar-refractivity contribution is 0.415. The van der Waals surface area contributed by atoms with Gasteiger partial charge in [0.2, 0.25) is 0 Å². The van der Waals surface area contributed by atoms with Crippen molar-refractivity contribution in [2.24, 2.45) is 0 Å². The van der Waals surface area contributed by atoms with Crippen molar-refractivity contribution in [2.75, 3.05) is 13.7 Å². The predicted octanol–water partition coefficient (Wildman–Crippen LogP) is 2.50. The molecule has 0 bridgehead atoms. The highest BCUT2D eigenvalue weighted by molar-refractivity contribution is 5.76. The molecule has 5 heteroatoms. The molecule has 5 nitrogen and oxygen atoms in total. The molecule has 0 amide bonds. The van der Waals surface area contributed by atoms with Gasteiger partial charge in [-0.25, -0.2) is 4.98 Å². The van der Waals surface area contributed by atoms with Gasteiger partial charge in [-0.05, 0) is 24.3 Å². The first-order valence-corrected chi connectivity index (χ1v) is 6.61. The van der Waals surface area contributed by atoms with Crippen molar-refractivity contribution in [2.45, 2.75) is 13.0 Å². The molecule has 2 heterocycles. The number of fused-ring (bicyclic) bond motifs is 1. The van der Waals surface area contributed by atoms with Crippen molar-refractivity contribution in [1.82, 2.24) is 15.3 Å². The minimum atomic E-state index is 0.737. The van der Waals surface area contributed by atoms with E-state index in [1.165, 1.54) is 0 Å². The molecule has 3 aromatic rings. The topological polar surface area (TPSA) is 63.1 Å². The van der Waals surface area contributed by atoms with Crippen molar-refractivity contribution >= 4 is 11.0 Å². The van der Waals surface area contributed by atoms with E-state index in [1.54, 1.807) is 13.4 Å². The number of imidazole rings is 1. The number of nitrogens with one attached hydrogen (secondary N) is 2. The van der Waals surface area contributed by atoms with Crippen LogP contribution in [0.3, 0.4) is 0 Å². The number of hydrogen-bond acceptors (Lipinski definition) is 4. The quantitative estimate of drug-likeness (QED) is 0.676. The van der Waals surface area contributed by atoms with Crippen molar-refractivity contribution in [3.05, 3.63) is 48.2 Å². The Kier molecular flexibility index (Phi) is 3.69. The predicted molar refractivity (Wildman–Crippen MR) is 76.8 cm³/mol. The molecule has 0 aliphatic heterocycles. The monoisotopic (exact) mass is 271 g/mol. The standard InChI is InChI=1S/C15H17N3O2/c1-19-11-4-5-13-14(9-11)18-15(17-13)6-7-16-10-12-3-2-8-20-12/h2-5,8-9,16H,6-7,10H2,1H3,(H,17,18). The Morgan fingerprint density at radius 1 is 1.35 bits per heavy atom. The normalized spacial score (nSPS) is 11.1. The van der Waals surface area contributed by atoms with E-state index in [0.29, 0.717) is 0 Å². The molecule has 3 rings (SSSR count). The number of ether oxygens (including phenoxy) is 1. The van der Waals surface area contributed by atoms with Crippen LogP contribution in [-0.4, -0.2) is 23.6 Å². The molecule has 0 spiro atoms. The first-order chi connectivity index (χ1) is 9.85. The Bertz CT molecular complexity index is 674. The van der Waals surface area contributed by atoms with E-state index in [2.05, 4.69) is 15.3 Å². The van der Waals surface area contributed by atoms with Gasteiger partial charge in [-0.15, -0.1) is 0 Å². The summed E-state index contributed by atoms with van der Waals surface area (Å²) < 4.78 is 10.5. The molecule has 0 radical (unpaired) electrons. The van der Waals surface area contributed by atoms with Crippen molar-refractivity contribution < 1.29 is 9.15 Å². The van der Waals surface area contributed by atoms with Gasteiger partial charge in [-0.1, -0.05) is 0 Å².